The number of carboxylic acid groups (broad SMARTS) is 1. The summed E-state index contributed by atoms with van der Waals surface area (Å²) in [6.45, 7) is 8.30. The summed E-state index contributed by atoms with van der Waals surface area (Å²) in [5.41, 5.74) is 7.73. The van der Waals surface area contributed by atoms with Crippen molar-refractivity contribution in [3.63, 3.8) is 0 Å². The molecular formula is C15H23NO2. The first-order valence-corrected chi connectivity index (χ1v) is 6.37. The Hall–Kier alpha value is -1.35. The first kappa shape index (κ1) is 14.7. The summed E-state index contributed by atoms with van der Waals surface area (Å²) in [5.74, 6) is -0.419. The minimum Gasteiger partial charge on any atom is -0.481 e. The van der Waals surface area contributed by atoms with E-state index in [2.05, 4.69) is 19.9 Å². The molecule has 0 spiro atoms. The number of rotatable bonds is 5. The fraction of sp³-hybridized carbons (Fsp3) is 0.533. The van der Waals surface area contributed by atoms with Crippen LogP contribution in [0.1, 0.15) is 49.8 Å². The normalized spacial score (nSPS) is 14.6. The Balaban J connectivity index is 3.35. The van der Waals surface area contributed by atoms with Gasteiger partial charge in [-0.05, 0) is 49.4 Å². The fourth-order valence-corrected chi connectivity index (χ4v) is 2.24. The van der Waals surface area contributed by atoms with Crippen LogP contribution < -0.4 is 5.73 Å². The van der Waals surface area contributed by atoms with Crippen LogP contribution >= 0.6 is 0 Å². The van der Waals surface area contributed by atoms with E-state index in [1.165, 1.54) is 5.56 Å². The number of carboxylic acids is 1. The van der Waals surface area contributed by atoms with Crippen molar-refractivity contribution >= 4 is 5.97 Å². The molecular weight excluding hydrogens is 226 g/mol. The summed E-state index contributed by atoms with van der Waals surface area (Å²) >= 11 is 0. The largest absolute Gasteiger partial charge is 0.481 e. The van der Waals surface area contributed by atoms with Crippen LogP contribution in [0.25, 0.3) is 0 Å². The molecule has 0 aliphatic rings. The molecule has 0 saturated heterocycles. The van der Waals surface area contributed by atoms with Crippen LogP contribution in [-0.4, -0.2) is 17.6 Å². The maximum Gasteiger partial charge on any atom is 0.313 e. The van der Waals surface area contributed by atoms with E-state index in [4.69, 9.17) is 5.73 Å². The number of aliphatic carboxylic acids is 1. The van der Waals surface area contributed by atoms with Crippen LogP contribution in [0.4, 0.5) is 0 Å². The van der Waals surface area contributed by atoms with Gasteiger partial charge in [-0.2, -0.15) is 0 Å². The lowest BCUT2D eigenvalue weighted by Gasteiger charge is -2.27. The van der Waals surface area contributed by atoms with E-state index in [1.807, 2.05) is 19.1 Å². The summed E-state index contributed by atoms with van der Waals surface area (Å²) < 4.78 is 0. The Morgan fingerprint density at radius 2 is 2.06 bits per heavy atom. The van der Waals surface area contributed by atoms with E-state index >= 15 is 0 Å². The van der Waals surface area contributed by atoms with E-state index in [0.29, 0.717) is 18.9 Å². The Morgan fingerprint density at radius 1 is 1.44 bits per heavy atom. The van der Waals surface area contributed by atoms with Crippen LogP contribution in [0.15, 0.2) is 18.2 Å². The molecule has 0 fully saturated rings. The van der Waals surface area contributed by atoms with Gasteiger partial charge in [-0.1, -0.05) is 32.0 Å². The number of carbonyl (C=O) groups is 1. The van der Waals surface area contributed by atoms with Gasteiger partial charge < -0.3 is 10.8 Å². The van der Waals surface area contributed by atoms with Crippen molar-refractivity contribution in [1.82, 2.24) is 0 Å². The highest BCUT2D eigenvalue weighted by atomic mass is 16.4. The lowest BCUT2D eigenvalue weighted by Crippen LogP contribution is -2.35. The lowest BCUT2D eigenvalue weighted by molar-refractivity contribution is -0.143. The molecule has 1 rings (SSSR count). The van der Waals surface area contributed by atoms with Gasteiger partial charge in [-0.25, -0.2) is 0 Å². The first-order chi connectivity index (χ1) is 8.32. The Bertz CT molecular complexity index is 440. The van der Waals surface area contributed by atoms with Gasteiger partial charge in [0.25, 0.3) is 0 Å². The fourth-order valence-electron chi connectivity index (χ4n) is 2.24. The monoisotopic (exact) mass is 249 g/mol. The summed E-state index contributed by atoms with van der Waals surface area (Å²) in [6.07, 6.45) is 0.449. The van der Waals surface area contributed by atoms with Crippen molar-refractivity contribution in [2.75, 3.05) is 6.54 Å². The molecule has 1 atom stereocenters. The average molecular weight is 249 g/mol. The molecule has 3 heteroatoms. The third kappa shape index (κ3) is 2.72. The van der Waals surface area contributed by atoms with Crippen LogP contribution in [0.3, 0.4) is 0 Å². The van der Waals surface area contributed by atoms with Crippen LogP contribution in [0, 0.1) is 6.92 Å². The molecule has 1 aromatic rings. The second-order valence-electron chi connectivity index (χ2n) is 5.40. The number of aryl methyl sites for hydroxylation is 1. The minimum atomic E-state index is -0.899. The van der Waals surface area contributed by atoms with Crippen LogP contribution in [0.5, 0.6) is 0 Å². The summed E-state index contributed by atoms with van der Waals surface area (Å²) in [7, 11) is 0. The molecule has 1 aromatic carbocycles. The highest BCUT2D eigenvalue weighted by Crippen LogP contribution is 2.32. The third-order valence-electron chi connectivity index (χ3n) is 3.64. The molecule has 0 heterocycles. The van der Waals surface area contributed by atoms with Gasteiger partial charge in [0.2, 0.25) is 0 Å². The van der Waals surface area contributed by atoms with E-state index in [0.717, 1.165) is 11.1 Å². The topological polar surface area (TPSA) is 63.3 Å². The van der Waals surface area contributed by atoms with Gasteiger partial charge in [0.15, 0.2) is 0 Å². The van der Waals surface area contributed by atoms with Crippen LogP contribution in [-0.2, 0) is 10.2 Å². The average Bonchev–Trinajstić information content (AvgIpc) is 2.29. The van der Waals surface area contributed by atoms with E-state index in [1.54, 1.807) is 6.92 Å². The van der Waals surface area contributed by atoms with Crippen LogP contribution in [0.2, 0.25) is 0 Å². The summed E-state index contributed by atoms with van der Waals surface area (Å²) in [4.78, 5) is 11.6. The predicted molar refractivity (Wildman–Crippen MR) is 73.9 cm³/mol. The van der Waals surface area contributed by atoms with E-state index < -0.39 is 11.4 Å². The zero-order valence-electron chi connectivity index (χ0n) is 11.7. The first-order valence-electron chi connectivity index (χ1n) is 6.37. The molecule has 18 heavy (non-hydrogen) atoms. The quantitative estimate of drug-likeness (QED) is 0.843. The second kappa shape index (κ2) is 5.53. The van der Waals surface area contributed by atoms with Gasteiger partial charge >= 0.3 is 5.97 Å². The van der Waals surface area contributed by atoms with E-state index in [9.17, 15) is 9.90 Å². The third-order valence-corrected chi connectivity index (χ3v) is 3.64. The molecule has 0 aliphatic carbocycles. The number of benzene rings is 1. The lowest BCUT2D eigenvalue weighted by atomic mass is 9.76. The molecule has 0 saturated carbocycles. The molecule has 0 aromatic heterocycles. The molecule has 3 nitrogen and oxygen atoms in total. The van der Waals surface area contributed by atoms with Crippen molar-refractivity contribution in [2.24, 2.45) is 5.73 Å². The number of nitrogens with two attached hydrogens (primary N) is 1. The zero-order chi connectivity index (χ0) is 13.9. The molecule has 1 unspecified atom stereocenters. The Morgan fingerprint density at radius 3 is 2.50 bits per heavy atom. The Labute approximate surface area is 109 Å². The molecule has 100 valence electrons. The highest BCUT2D eigenvalue weighted by Gasteiger charge is 2.35. The predicted octanol–water partition coefficient (Wildman–Crippen LogP) is 2.81. The second-order valence-corrected chi connectivity index (χ2v) is 5.40. The molecule has 0 radical (unpaired) electrons. The standard InChI is InChI=1S/C15H23NO2/c1-10(2)12-6-5-11(3)13(9-12)15(4,7-8-16)14(17)18/h5-6,9-10H,7-8,16H2,1-4H3,(H,17,18). The molecule has 3 N–H and O–H groups in total. The zero-order valence-corrected chi connectivity index (χ0v) is 11.7. The van der Waals surface area contributed by atoms with Gasteiger partial charge in [-0.15, -0.1) is 0 Å². The SMILES string of the molecule is Cc1ccc(C(C)C)cc1C(C)(CCN)C(=O)O. The number of hydrogen-bond acceptors (Lipinski definition) is 2. The Kier molecular flexibility index (Phi) is 4.52. The number of hydrogen-bond donors (Lipinski definition) is 2. The summed E-state index contributed by atoms with van der Waals surface area (Å²) in [5, 5.41) is 9.52. The van der Waals surface area contributed by atoms with Crippen molar-refractivity contribution < 1.29 is 9.90 Å². The smallest absolute Gasteiger partial charge is 0.313 e. The highest BCUT2D eigenvalue weighted by molar-refractivity contribution is 5.81. The maximum atomic E-state index is 11.6. The van der Waals surface area contributed by atoms with Crippen molar-refractivity contribution in [3.05, 3.63) is 34.9 Å². The summed E-state index contributed by atoms with van der Waals surface area (Å²) in [6, 6.07) is 6.08. The molecule has 0 amide bonds. The molecule has 0 aliphatic heterocycles. The molecule has 0 bridgehead atoms. The van der Waals surface area contributed by atoms with Crippen molar-refractivity contribution in [3.8, 4) is 0 Å². The van der Waals surface area contributed by atoms with Gasteiger partial charge in [0.05, 0.1) is 5.41 Å². The van der Waals surface area contributed by atoms with Crippen molar-refractivity contribution in [2.45, 2.75) is 45.4 Å². The van der Waals surface area contributed by atoms with E-state index in [-0.39, 0.29) is 0 Å². The minimum absolute atomic E-state index is 0.369. The van der Waals surface area contributed by atoms with Gasteiger partial charge in [0.1, 0.15) is 0 Å². The van der Waals surface area contributed by atoms with Gasteiger partial charge in [0, 0.05) is 0 Å². The van der Waals surface area contributed by atoms with Crippen molar-refractivity contribution in [1.29, 1.82) is 0 Å². The van der Waals surface area contributed by atoms with Gasteiger partial charge in [-0.3, -0.25) is 4.79 Å². The maximum absolute atomic E-state index is 11.6.